The van der Waals surface area contributed by atoms with E-state index in [0.717, 1.165) is 5.56 Å². The van der Waals surface area contributed by atoms with Crippen LogP contribution in [0.4, 0.5) is 0 Å². The van der Waals surface area contributed by atoms with Crippen molar-refractivity contribution in [3.8, 4) is 0 Å². The first kappa shape index (κ1) is 15.5. The first-order chi connectivity index (χ1) is 10.1. The van der Waals surface area contributed by atoms with Crippen molar-refractivity contribution < 1.29 is 14.3 Å². The third-order valence-electron chi connectivity index (χ3n) is 3.55. The van der Waals surface area contributed by atoms with Gasteiger partial charge in [-0.3, -0.25) is 9.59 Å². The Morgan fingerprint density at radius 1 is 1.38 bits per heavy atom. The fraction of sp³-hybridized carbons (Fsp3) is 0.500. The number of hydrogen-bond donors (Lipinski definition) is 1. The number of carbonyl (C=O) groups excluding carboxylic acids is 2. The van der Waals surface area contributed by atoms with E-state index in [4.69, 9.17) is 4.74 Å². The summed E-state index contributed by atoms with van der Waals surface area (Å²) in [5.74, 6) is -0.0836. The van der Waals surface area contributed by atoms with Crippen LogP contribution < -0.4 is 5.32 Å². The van der Waals surface area contributed by atoms with Gasteiger partial charge in [-0.2, -0.15) is 0 Å². The summed E-state index contributed by atoms with van der Waals surface area (Å²) in [6, 6.07) is 9.30. The number of ether oxygens (including phenoxy) is 1. The SMILES string of the molecule is CC(=O)N[C@@H](CC(=O)N1CCO[C@@H](C)C1)c1ccccc1. The molecule has 0 unspecified atom stereocenters. The van der Waals surface area contributed by atoms with E-state index in [1.54, 1.807) is 0 Å². The zero-order valence-electron chi connectivity index (χ0n) is 12.5. The van der Waals surface area contributed by atoms with Crippen molar-refractivity contribution in [1.29, 1.82) is 0 Å². The lowest BCUT2D eigenvalue weighted by Crippen LogP contribution is -2.45. The summed E-state index contributed by atoms with van der Waals surface area (Å²) in [7, 11) is 0. The molecule has 0 spiro atoms. The lowest BCUT2D eigenvalue weighted by Gasteiger charge is -2.32. The van der Waals surface area contributed by atoms with Crippen LogP contribution in [-0.4, -0.2) is 42.5 Å². The van der Waals surface area contributed by atoms with Crippen molar-refractivity contribution in [1.82, 2.24) is 10.2 Å². The molecule has 1 aliphatic heterocycles. The van der Waals surface area contributed by atoms with Crippen LogP contribution in [0.3, 0.4) is 0 Å². The average molecular weight is 290 g/mol. The van der Waals surface area contributed by atoms with E-state index in [1.165, 1.54) is 6.92 Å². The Kier molecular flexibility index (Phi) is 5.33. The van der Waals surface area contributed by atoms with Crippen molar-refractivity contribution in [2.75, 3.05) is 19.7 Å². The Hall–Kier alpha value is -1.88. The maximum Gasteiger partial charge on any atom is 0.225 e. The number of amides is 2. The van der Waals surface area contributed by atoms with Crippen LogP contribution in [0.2, 0.25) is 0 Å². The Bertz CT molecular complexity index is 490. The molecule has 0 aromatic heterocycles. The molecule has 0 radical (unpaired) electrons. The third kappa shape index (κ3) is 4.56. The minimum Gasteiger partial charge on any atom is -0.375 e. The number of carbonyl (C=O) groups is 2. The van der Waals surface area contributed by atoms with Crippen LogP contribution in [0.25, 0.3) is 0 Å². The Morgan fingerprint density at radius 3 is 2.71 bits per heavy atom. The van der Waals surface area contributed by atoms with E-state index in [0.29, 0.717) is 19.7 Å². The van der Waals surface area contributed by atoms with Gasteiger partial charge in [-0.15, -0.1) is 0 Å². The molecule has 0 aliphatic carbocycles. The minimum atomic E-state index is -0.283. The summed E-state index contributed by atoms with van der Waals surface area (Å²) >= 11 is 0. The van der Waals surface area contributed by atoms with Crippen LogP contribution in [-0.2, 0) is 14.3 Å². The number of benzene rings is 1. The topological polar surface area (TPSA) is 58.6 Å². The summed E-state index contributed by atoms with van der Waals surface area (Å²) in [6.45, 7) is 5.23. The predicted octanol–water partition coefficient (Wildman–Crippen LogP) is 1.50. The summed E-state index contributed by atoms with van der Waals surface area (Å²) in [5.41, 5.74) is 0.947. The number of morpholine rings is 1. The molecule has 0 bridgehead atoms. The molecule has 1 saturated heterocycles. The Balaban J connectivity index is 2.04. The molecule has 114 valence electrons. The molecule has 1 aliphatic rings. The number of hydrogen-bond acceptors (Lipinski definition) is 3. The lowest BCUT2D eigenvalue weighted by molar-refractivity contribution is -0.138. The maximum atomic E-state index is 12.4. The van der Waals surface area contributed by atoms with Gasteiger partial charge in [0.15, 0.2) is 0 Å². The van der Waals surface area contributed by atoms with E-state index in [1.807, 2.05) is 42.2 Å². The highest BCUT2D eigenvalue weighted by molar-refractivity contribution is 5.79. The first-order valence-corrected chi connectivity index (χ1v) is 7.27. The molecular formula is C16H22N2O3. The van der Waals surface area contributed by atoms with E-state index >= 15 is 0 Å². The molecule has 0 saturated carbocycles. The summed E-state index contributed by atoms with van der Waals surface area (Å²) in [4.78, 5) is 25.6. The van der Waals surface area contributed by atoms with Gasteiger partial charge < -0.3 is 15.0 Å². The van der Waals surface area contributed by atoms with Crippen LogP contribution >= 0.6 is 0 Å². The largest absolute Gasteiger partial charge is 0.375 e. The van der Waals surface area contributed by atoms with Crippen LogP contribution in [0.5, 0.6) is 0 Å². The molecule has 1 fully saturated rings. The van der Waals surface area contributed by atoms with Gasteiger partial charge in [0.2, 0.25) is 11.8 Å². The molecule has 1 aromatic carbocycles. The third-order valence-corrected chi connectivity index (χ3v) is 3.55. The standard InChI is InChI=1S/C16H22N2O3/c1-12-11-18(8-9-21-12)16(20)10-15(17-13(2)19)14-6-4-3-5-7-14/h3-7,12,15H,8-11H2,1-2H3,(H,17,19)/t12-,15-/m0/s1. The van der Waals surface area contributed by atoms with Gasteiger partial charge in [-0.1, -0.05) is 30.3 Å². The fourth-order valence-corrected chi connectivity index (χ4v) is 2.53. The van der Waals surface area contributed by atoms with Gasteiger partial charge in [0.05, 0.1) is 25.2 Å². The Labute approximate surface area is 125 Å². The van der Waals surface area contributed by atoms with E-state index in [9.17, 15) is 9.59 Å². The van der Waals surface area contributed by atoms with E-state index in [-0.39, 0.29) is 30.4 Å². The quantitative estimate of drug-likeness (QED) is 0.914. The van der Waals surface area contributed by atoms with Gasteiger partial charge in [0.1, 0.15) is 0 Å². The highest BCUT2D eigenvalue weighted by Crippen LogP contribution is 2.18. The van der Waals surface area contributed by atoms with E-state index in [2.05, 4.69) is 5.32 Å². The van der Waals surface area contributed by atoms with Gasteiger partial charge in [-0.05, 0) is 12.5 Å². The molecule has 21 heavy (non-hydrogen) atoms. The minimum absolute atomic E-state index is 0.0488. The monoisotopic (exact) mass is 290 g/mol. The summed E-state index contributed by atoms with van der Waals surface area (Å²) < 4.78 is 5.45. The molecule has 5 heteroatoms. The van der Waals surface area contributed by atoms with Crippen LogP contribution in [0, 0.1) is 0 Å². The van der Waals surface area contributed by atoms with Crippen molar-refractivity contribution in [3.63, 3.8) is 0 Å². The molecule has 2 rings (SSSR count). The smallest absolute Gasteiger partial charge is 0.225 e. The molecule has 1 heterocycles. The van der Waals surface area contributed by atoms with Crippen molar-refractivity contribution in [2.45, 2.75) is 32.4 Å². The number of rotatable bonds is 4. The van der Waals surface area contributed by atoms with Gasteiger partial charge in [0.25, 0.3) is 0 Å². The molecule has 2 atom stereocenters. The van der Waals surface area contributed by atoms with Gasteiger partial charge in [0, 0.05) is 20.0 Å². The molecular weight excluding hydrogens is 268 g/mol. The first-order valence-electron chi connectivity index (χ1n) is 7.27. The summed E-state index contributed by atoms with van der Waals surface area (Å²) in [6.07, 6.45) is 0.342. The van der Waals surface area contributed by atoms with Crippen molar-refractivity contribution in [2.24, 2.45) is 0 Å². The predicted molar refractivity (Wildman–Crippen MR) is 79.6 cm³/mol. The van der Waals surface area contributed by atoms with Crippen molar-refractivity contribution >= 4 is 11.8 Å². The van der Waals surface area contributed by atoms with Gasteiger partial charge >= 0.3 is 0 Å². The maximum absolute atomic E-state index is 12.4. The molecule has 1 N–H and O–H groups in total. The highest BCUT2D eigenvalue weighted by Gasteiger charge is 2.25. The second-order valence-corrected chi connectivity index (χ2v) is 5.39. The fourth-order valence-electron chi connectivity index (χ4n) is 2.53. The van der Waals surface area contributed by atoms with Crippen LogP contribution in [0.1, 0.15) is 31.9 Å². The Morgan fingerprint density at radius 2 is 2.10 bits per heavy atom. The highest BCUT2D eigenvalue weighted by atomic mass is 16.5. The average Bonchev–Trinajstić information content (AvgIpc) is 2.47. The number of nitrogens with zero attached hydrogens (tertiary/aromatic N) is 1. The zero-order valence-corrected chi connectivity index (χ0v) is 12.5. The van der Waals surface area contributed by atoms with Crippen LogP contribution in [0.15, 0.2) is 30.3 Å². The second kappa shape index (κ2) is 7.22. The molecule has 1 aromatic rings. The molecule has 2 amide bonds. The van der Waals surface area contributed by atoms with Crippen molar-refractivity contribution in [3.05, 3.63) is 35.9 Å². The van der Waals surface area contributed by atoms with Gasteiger partial charge in [-0.25, -0.2) is 0 Å². The second-order valence-electron chi connectivity index (χ2n) is 5.39. The lowest BCUT2D eigenvalue weighted by atomic mass is 10.0. The summed E-state index contributed by atoms with van der Waals surface area (Å²) in [5, 5.41) is 2.86. The number of nitrogens with one attached hydrogen (secondary N) is 1. The normalized spacial score (nSPS) is 19.9. The van der Waals surface area contributed by atoms with E-state index < -0.39 is 0 Å². The zero-order chi connectivity index (χ0) is 15.2. The molecule has 5 nitrogen and oxygen atoms in total.